The van der Waals surface area contributed by atoms with Crippen molar-refractivity contribution >= 4 is 10.8 Å². The van der Waals surface area contributed by atoms with Crippen LogP contribution in [-0.2, 0) is 5.41 Å². The predicted octanol–water partition coefficient (Wildman–Crippen LogP) is 15.4. The largest absolute Gasteiger partial charge is 0.208 e. The molecule has 0 radical (unpaired) electrons. The van der Waals surface area contributed by atoms with E-state index < -0.39 is 5.41 Å². The molecule has 1 spiro atoms. The fraction of sp³-hybridized carbons (Fsp3) is 0.0161. The van der Waals surface area contributed by atoms with Crippen LogP contribution in [0.1, 0.15) is 22.3 Å². The molecule has 1 aromatic heterocycles. The minimum atomic E-state index is -0.424. The Bertz CT molecular complexity index is 3470. The first kappa shape index (κ1) is 37.1. The second kappa shape index (κ2) is 14.8. The summed E-state index contributed by atoms with van der Waals surface area (Å²) in [6.45, 7) is 0. The van der Waals surface area contributed by atoms with Crippen LogP contribution in [0.2, 0.25) is 0 Å². The van der Waals surface area contributed by atoms with E-state index in [1.54, 1.807) is 0 Å². The first-order valence-electron chi connectivity index (χ1n) is 22.3. The van der Waals surface area contributed by atoms with E-state index in [4.69, 9.17) is 15.0 Å². The van der Waals surface area contributed by atoms with Crippen LogP contribution in [-0.4, -0.2) is 15.0 Å². The SMILES string of the molecule is c1ccc(-c2ccc(-c3nc(-c4ccc(-c5ccccc5)cc4)nc(-c4ccc5cc(-c6cccc7c6C6(c8ccccc8-c8ccccc86)c6ccccc6-7)ccc5c4)n3)cc2)cc1. The Balaban J connectivity index is 0.924. The lowest BCUT2D eigenvalue weighted by molar-refractivity contribution is 0.796. The molecule has 65 heavy (non-hydrogen) atoms. The molecule has 0 saturated carbocycles. The molecular weight excluding hydrogens is 787 g/mol. The molecule has 2 aliphatic carbocycles. The van der Waals surface area contributed by atoms with Gasteiger partial charge in [-0.25, -0.2) is 15.0 Å². The topological polar surface area (TPSA) is 38.7 Å². The normalized spacial score (nSPS) is 12.7. The second-order valence-corrected chi connectivity index (χ2v) is 17.1. The highest BCUT2D eigenvalue weighted by atomic mass is 15.0. The number of benzene rings is 10. The summed E-state index contributed by atoms with van der Waals surface area (Å²) >= 11 is 0. The maximum atomic E-state index is 5.15. The van der Waals surface area contributed by atoms with Crippen LogP contribution in [0.25, 0.3) is 101 Å². The van der Waals surface area contributed by atoms with Crippen LogP contribution in [0.3, 0.4) is 0 Å². The van der Waals surface area contributed by atoms with Crippen molar-refractivity contribution in [2.24, 2.45) is 0 Å². The van der Waals surface area contributed by atoms with Gasteiger partial charge in [0.25, 0.3) is 0 Å². The average Bonchev–Trinajstić information content (AvgIpc) is 3.86. The van der Waals surface area contributed by atoms with E-state index in [-0.39, 0.29) is 0 Å². The molecule has 0 amide bonds. The summed E-state index contributed by atoms with van der Waals surface area (Å²) in [5.74, 6) is 1.90. The molecule has 11 aromatic rings. The molecule has 0 N–H and O–H groups in total. The third kappa shape index (κ3) is 5.86. The summed E-state index contributed by atoms with van der Waals surface area (Å²) in [5, 5.41) is 2.28. The van der Waals surface area contributed by atoms with E-state index in [2.05, 4.69) is 224 Å². The predicted molar refractivity (Wildman–Crippen MR) is 266 cm³/mol. The number of rotatable bonds is 6. The van der Waals surface area contributed by atoms with Crippen LogP contribution in [0.5, 0.6) is 0 Å². The van der Waals surface area contributed by atoms with Crippen molar-refractivity contribution in [1.82, 2.24) is 15.0 Å². The van der Waals surface area contributed by atoms with Gasteiger partial charge >= 0.3 is 0 Å². The molecule has 0 aliphatic heterocycles. The standard InChI is InChI=1S/C62H39N3/c1-3-14-40(15-4-1)42-26-30-44(31-27-42)59-63-60(45-32-28-43(29-33-45)41-16-5-2-6-17-41)65-61(64-59)49-37-35-46-38-48(36-34-47(46)39-49)50-21-13-22-54-53-20-9-12-25-57(53)62(58(50)54)55-23-10-7-18-51(55)52-19-8-11-24-56(52)62/h1-39H. The molecule has 0 unspecified atom stereocenters. The summed E-state index contributed by atoms with van der Waals surface area (Å²) in [6, 6.07) is 85.3. The van der Waals surface area contributed by atoms with E-state index >= 15 is 0 Å². The Hall–Kier alpha value is -8.53. The fourth-order valence-corrected chi connectivity index (χ4v) is 10.6. The first-order chi connectivity index (χ1) is 32.2. The first-order valence-corrected chi connectivity index (χ1v) is 22.3. The molecule has 0 fully saturated rings. The second-order valence-electron chi connectivity index (χ2n) is 17.1. The van der Waals surface area contributed by atoms with Crippen molar-refractivity contribution in [3.63, 3.8) is 0 Å². The lowest BCUT2D eigenvalue weighted by Gasteiger charge is -2.32. The van der Waals surface area contributed by atoms with Crippen LogP contribution in [0, 0.1) is 0 Å². The molecule has 3 heteroatoms. The Kier molecular flexibility index (Phi) is 8.44. The third-order valence-corrected chi connectivity index (χ3v) is 13.6. The van der Waals surface area contributed by atoms with Crippen LogP contribution in [0.4, 0.5) is 0 Å². The Morgan fingerprint density at radius 2 is 0.569 bits per heavy atom. The Labute approximate surface area is 378 Å². The van der Waals surface area contributed by atoms with Crippen molar-refractivity contribution in [3.05, 3.63) is 259 Å². The lowest BCUT2D eigenvalue weighted by atomic mass is 9.68. The molecule has 0 bridgehead atoms. The van der Waals surface area contributed by atoms with Crippen molar-refractivity contribution in [2.75, 3.05) is 0 Å². The smallest absolute Gasteiger partial charge is 0.164 e. The zero-order chi connectivity index (χ0) is 42.9. The highest BCUT2D eigenvalue weighted by Gasteiger charge is 2.52. The number of hydrogen-bond donors (Lipinski definition) is 0. The van der Waals surface area contributed by atoms with Gasteiger partial charge in [0.05, 0.1) is 5.41 Å². The summed E-state index contributed by atoms with van der Waals surface area (Å²) < 4.78 is 0. The summed E-state index contributed by atoms with van der Waals surface area (Å²) in [4.78, 5) is 15.4. The number of fused-ring (bicyclic) bond motifs is 11. The monoisotopic (exact) mass is 825 g/mol. The van der Waals surface area contributed by atoms with Crippen LogP contribution in [0.15, 0.2) is 237 Å². The molecule has 0 atom stereocenters. The maximum absolute atomic E-state index is 5.15. The number of aromatic nitrogens is 3. The van der Waals surface area contributed by atoms with Gasteiger partial charge < -0.3 is 0 Å². The molecule has 1 heterocycles. The van der Waals surface area contributed by atoms with Crippen molar-refractivity contribution < 1.29 is 0 Å². The average molecular weight is 826 g/mol. The van der Waals surface area contributed by atoms with Gasteiger partial charge in [0.2, 0.25) is 0 Å². The molecule has 10 aromatic carbocycles. The van der Waals surface area contributed by atoms with Gasteiger partial charge in [-0.15, -0.1) is 0 Å². The Morgan fingerprint density at radius 3 is 1.08 bits per heavy atom. The third-order valence-electron chi connectivity index (χ3n) is 13.6. The minimum Gasteiger partial charge on any atom is -0.208 e. The van der Waals surface area contributed by atoms with Gasteiger partial charge in [0.15, 0.2) is 17.5 Å². The van der Waals surface area contributed by atoms with Crippen molar-refractivity contribution in [1.29, 1.82) is 0 Å². The summed E-state index contributed by atoms with van der Waals surface area (Å²) in [6.07, 6.45) is 0. The van der Waals surface area contributed by atoms with Gasteiger partial charge in [-0.3, -0.25) is 0 Å². The Morgan fingerprint density at radius 1 is 0.231 bits per heavy atom. The molecule has 2 aliphatic rings. The van der Waals surface area contributed by atoms with E-state index in [0.717, 1.165) is 38.6 Å². The van der Waals surface area contributed by atoms with E-state index in [0.29, 0.717) is 17.5 Å². The summed E-state index contributed by atoms with van der Waals surface area (Å²) in [7, 11) is 0. The van der Waals surface area contributed by atoms with Crippen LogP contribution < -0.4 is 0 Å². The molecule has 13 rings (SSSR count). The molecule has 0 saturated heterocycles. The quantitative estimate of drug-likeness (QED) is 0.168. The van der Waals surface area contributed by atoms with Crippen molar-refractivity contribution in [2.45, 2.75) is 5.41 Å². The minimum absolute atomic E-state index is 0.424. The maximum Gasteiger partial charge on any atom is 0.164 e. The van der Waals surface area contributed by atoms with Gasteiger partial charge in [-0.05, 0) is 101 Å². The van der Waals surface area contributed by atoms with Gasteiger partial charge in [-0.2, -0.15) is 0 Å². The molecule has 3 nitrogen and oxygen atoms in total. The van der Waals surface area contributed by atoms with Gasteiger partial charge in [0, 0.05) is 16.7 Å². The van der Waals surface area contributed by atoms with Gasteiger partial charge in [-0.1, -0.05) is 224 Å². The zero-order valence-electron chi connectivity index (χ0n) is 35.4. The van der Waals surface area contributed by atoms with Gasteiger partial charge in [0.1, 0.15) is 0 Å². The number of nitrogens with zero attached hydrogens (tertiary/aromatic N) is 3. The summed E-state index contributed by atoms with van der Waals surface area (Å²) in [5.41, 5.74) is 20.1. The van der Waals surface area contributed by atoms with Crippen LogP contribution >= 0.6 is 0 Å². The fourth-order valence-electron chi connectivity index (χ4n) is 10.6. The zero-order valence-corrected chi connectivity index (χ0v) is 35.4. The van der Waals surface area contributed by atoms with Crippen molar-refractivity contribution in [3.8, 4) is 89.8 Å². The highest BCUT2D eigenvalue weighted by molar-refractivity contribution is 6.00. The number of hydrogen-bond acceptors (Lipinski definition) is 3. The van der Waals surface area contributed by atoms with E-state index in [9.17, 15) is 0 Å². The highest BCUT2D eigenvalue weighted by Crippen LogP contribution is 2.64. The molecular formula is C62H39N3. The van der Waals surface area contributed by atoms with E-state index in [1.165, 1.54) is 66.8 Å². The van der Waals surface area contributed by atoms with E-state index in [1.807, 2.05) is 12.1 Å². The molecule has 302 valence electrons. The lowest BCUT2D eigenvalue weighted by Crippen LogP contribution is -2.26.